The molecule has 2 aliphatic heterocycles. The summed E-state index contributed by atoms with van der Waals surface area (Å²) in [6.45, 7) is 15.8. The van der Waals surface area contributed by atoms with Gasteiger partial charge in [0.2, 0.25) is 0 Å². The number of nitrogens with zero attached hydrogens (tertiary/aromatic N) is 7. The molecule has 8 rings (SSSR count). The Morgan fingerprint density at radius 1 is 0.676 bits per heavy atom. The van der Waals surface area contributed by atoms with Crippen LogP contribution in [0.4, 0.5) is 31.8 Å². The summed E-state index contributed by atoms with van der Waals surface area (Å²) in [7, 11) is 2.59. The smallest absolute Gasteiger partial charge is 0.145 e. The topological polar surface area (TPSA) is 139 Å². The highest BCUT2D eigenvalue weighted by Gasteiger charge is 2.18. The first-order chi connectivity index (χ1) is 33.0. The molecule has 0 atom stereocenters. The Morgan fingerprint density at radius 2 is 1.19 bits per heavy atom. The molecule has 362 valence electrons. The number of morpholine rings is 2. The van der Waals surface area contributed by atoms with Crippen LogP contribution >= 0.6 is 0 Å². The highest BCUT2D eigenvalue weighted by Crippen LogP contribution is 2.24. The summed E-state index contributed by atoms with van der Waals surface area (Å²) in [5, 5.41) is 2.10. The van der Waals surface area contributed by atoms with Gasteiger partial charge in [0.15, 0.2) is 0 Å². The number of aromatic nitrogens is 4. The quantitative estimate of drug-likeness (QED) is 0.0586. The second-order valence-corrected chi connectivity index (χ2v) is 23.4. The fraction of sp³-hybridized carbons (Fsp3) is 0.423. The number of rotatable bonds is 14. The van der Waals surface area contributed by atoms with E-state index in [2.05, 4.69) is 86.9 Å². The van der Waals surface area contributed by atoms with Crippen molar-refractivity contribution >= 4 is 53.2 Å². The number of nitrogens with one attached hydrogen (secondary N) is 1. The number of anilines is 4. The van der Waals surface area contributed by atoms with Gasteiger partial charge >= 0.3 is 0 Å². The number of benzene rings is 2. The molecule has 2 fully saturated rings. The Balaban J connectivity index is 0.000000213. The van der Waals surface area contributed by atoms with Crippen LogP contribution in [0.25, 0.3) is 22.1 Å². The van der Waals surface area contributed by atoms with Crippen molar-refractivity contribution in [2.75, 3.05) is 132 Å². The first-order valence-corrected chi connectivity index (χ1v) is 27.1. The number of halogens is 2. The molecule has 0 spiro atoms. The van der Waals surface area contributed by atoms with Crippen LogP contribution in [-0.2, 0) is 20.9 Å². The van der Waals surface area contributed by atoms with Crippen LogP contribution in [-0.4, -0.2) is 140 Å². The SMILES string of the molecule is CN(CCF)c1ccc(C#Cc2cc3ccc(N4CCOCC4)nc3[nH]2)cc1.CN(CCF)c1ccc(C#Cc2cc3ccc(N4CCOCC4)nc3n2COCC[Si](C)(C)C)cc1.NCCN. The Morgan fingerprint density at radius 3 is 1.71 bits per heavy atom. The molecule has 2 aromatic carbocycles. The van der Waals surface area contributed by atoms with E-state index in [9.17, 15) is 8.78 Å². The highest BCUT2D eigenvalue weighted by atomic mass is 28.3. The molecule has 16 heteroatoms. The monoisotopic (exact) mass is 947 g/mol. The first-order valence-electron chi connectivity index (χ1n) is 23.4. The number of aromatic amines is 1. The summed E-state index contributed by atoms with van der Waals surface area (Å²) in [4.78, 5) is 21.3. The van der Waals surface area contributed by atoms with Crippen molar-refractivity contribution in [1.82, 2.24) is 19.5 Å². The molecule has 0 saturated carbocycles. The van der Waals surface area contributed by atoms with Crippen molar-refractivity contribution in [3.05, 3.63) is 107 Å². The largest absolute Gasteiger partial charge is 0.378 e. The van der Waals surface area contributed by atoms with Gasteiger partial charge in [-0.05, 0) is 103 Å². The number of nitrogens with two attached hydrogens (primary N) is 2. The summed E-state index contributed by atoms with van der Waals surface area (Å²) in [6.07, 6.45) is 0. The van der Waals surface area contributed by atoms with Gasteiger partial charge in [0.1, 0.15) is 43.0 Å². The van der Waals surface area contributed by atoms with Gasteiger partial charge in [0.25, 0.3) is 0 Å². The summed E-state index contributed by atoms with van der Waals surface area (Å²) in [6, 6.07) is 29.3. The lowest BCUT2D eigenvalue weighted by Crippen LogP contribution is -2.36. The Hall–Kier alpha value is -5.98. The van der Waals surface area contributed by atoms with Crippen LogP contribution in [0.15, 0.2) is 84.9 Å². The standard InChI is InChI=1S/C28H37FN4O2Si.C22H23FN4O.C2H8N2/c1-31(14-13-29)25-9-5-23(6-10-25)7-11-26-21-24-8-12-27(32-15-17-34-18-16-32)30-28(24)33(26)22-35-19-20-36(2,3)4;1-26(11-10-23)20-7-3-17(4-8-20)2-6-19-16-18-5-9-21(25-22(18)24-19)27-12-14-28-15-13-27;3-1-2-4/h5-6,8-10,12,21H,13-20,22H2,1-4H3;3-5,7-9,16H,10-15H2,1H3,(H,24,25);1-4H2. The number of hydrogen-bond donors (Lipinski definition) is 3. The Kier molecular flexibility index (Phi) is 19.6. The van der Waals surface area contributed by atoms with Crippen LogP contribution in [0.3, 0.4) is 0 Å². The average molecular weight is 947 g/mol. The Bertz CT molecular complexity index is 2600. The van der Waals surface area contributed by atoms with E-state index in [0.29, 0.717) is 32.9 Å². The van der Waals surface area contributed by atoms with Gasteiger partial charge in [-0.1, -0.05) is 31.5 Å². The van der Waals surface area contributed by atoms with Crippen LogP contribution < -0.4 is 31.1 Å². The van der Waals surface area contributed by atoms with E-state index in [-0.39, 0.29) is 13.3 Å². The van der Waals surface area contributed by atoms with E-state index >= 15 is 0 Å². The van der Waals surface area contributed by atoms with Gasteiger partial charge in [0, 0.05) is 114 Å². The minimum Gasteiger partial charge on any atom is -0.378 e. The lowest BCUT2D eigenvalue weighted by atomic mass is 10.2. The van der Waals surface area contributed by atoms with Crippen LogP contribution in [0.2, 0.25) is 25.7 Å². The minimum atomic E-state index is -1.18. The van der Waals surface area contributed by atoms with Crippen molar-refractivity contribution in [2.45, 2.75) is 32.4 Å². The molecule has 0 amide bonds. The van der Waals surface area contributed by atoms with Gasteiger partial charge in [-0.2, -0.15) is 0 Å². The fourth-order valence-electron chi connectivity index (χ4n) is 7.27. The number of H-pyrrole nitrogens is 1. The number of alkyl halides is 2. The lowest BCUT2D eigenvalue weighted by molar-refractivity contribution is 0.0894. The second-order valence-electron chi connectivity index (χ2n) is 17.8. The maximum Gasteiger partial charge on any atom is 0.145 e. The number of fused-ring (bicyclic) bond motifs is 2. The summed E-state index contributed by atoms with van der Waals surface area (Å²) in [5.41, 5.74) is 17.0. The zero-order valence-corrected chi connectivity index (χ0v) is 41.4. The fourth-order valence-corrected chi connectivity index (χ4v) is 8.03. The minimum absolute atomic E-state index is 0.361. The summed E-state index contributed by atoms with van der Waals surface area (Å²) in [5.74, 6) is 14.9. The third-order valence-corrected chi connectivity index (χ3v) is 13.1. The summed E-state index contributed by atoms with van der Waals surface area (Å²) >= 11 is 0. The third-order valence-electron chi connectivity index (χ3n) is 11.4. The van der Waals surface area contributed by atoms with E-state index in [0.717, 1.165) is 133 Å². The van der Waals surface area contributed by atoms with Crippen LogP contribution in [0, 0.1) is 23.7 Å². The molecular formula is C52H68F2N10O3Si. The van der Waals surface area contributed by atoms with Crippen molar-refractivity contribution in [2.24, 2.45) is 11.5 Å². The van der Waals surface area contributed by atoms with E-state index < -0.39 is 8.07 Å². The predicted octanol–water partition coefficient (Wildman–Crippen LogP) is 7.10. The van der Waals surface area contributed by atoms with Gasteiger partial charge in [-0.25, -0.2) is 18.7 Å². The van der Waals surface area contributed by atoms with E-state index in [1.54, 1.807) is 0 Å². The third kappa shape index (κ3) is 15.3. The molecular weight excluding hydrogens is 879 g/mol. The second kappa shape index (κ2) is 26.0. The molecule has 0 radical (unpaired) electrons. The Labute approximate surface area is 401 Å². The van der Waals surface area contributed by atoms with Gasteiger partial charge in [0.05, 0.1) is 37.8 Å². The van der Waals surface area contributed by atoms with Crippen molar-refractivity contribution in [3.8, 4) is 23.7 Å². The first kappa shape index (κ1) is 51.4. The lowest BCUT2D eigenvalue weighted by Gasteiger charge is -2.27. The normalized spacial score (nSPS) is 13.7. The maximum atomic E-state index is 12.7. The van der Waals surface area contributed by atoms with E-state index in [4.69, 9.17) is 35.6 Å². The molecule has 5 N–H and O–H groups in total. The molecule has 68 heavy (non-hydrogen) atoms. The molecule has 0 bridgehead atoms. The zero-order chi connectivity index (χ0) is 48.3. The molecule has 13 nitrogen and oxygen atoms in total. The maximum absolute atomic E-state index is 12.7. The van der Waals surface area contributed by atoms with E-state index in [1.807, 2.05) is 84.6 Å². The molecule has 4 aromatic heterocycles. The van der Waals surface area contributed by atoms with Gasteiger partial charge < -0.3 is 50.3 Å². The average Bonchev–Trinajstić information content (AvgIpc) is 3.94. The number of hydrogen-bond acceptors (Lipinski definition) is 11. The molecule has 6 heterocycles. The van der Waals surface area contributed by atoms with E-state index in [1.165, 1.54) is 0 Å². The zero-order valence-electron chi connectivity index (χ0n) is 40.4. The van der Waals surface area contributed by atoms with Crippen LogP contribution in [0.1, 0.15) is 22.5 Å². The van der Waals surface area contributed by atoms with Gasteiger partial charge in [-0.15, -0.1) is 0 Å². The molecule has 6 aromatic rings. The van der Waals surface area contributed by atoms with Crippen molar-refractivity contribution in [3.63, 3.8) is 0 Å². The number of ether oxygens (including phenoxy) is 3. The molecule has 0 aliphatic carbocycles. The number of pyridine rings is 2. The van der Waals surface area contributed by atoms with Crippen LogP contribution in [0.5, 0.6) is 0 Å². The molecule has 0 unspecified atom stereocenters. The molecule has 2 saturated heterocycles. The highest BCUT2D eigenvalue weighted by molar-refractivity contribution is 6.76. The summed E-state index contributed by atoms with van der Waals surface area (Å²) < 4.78 is 44.2. The van der Waals surface area contributed by atoms with Crippen molar-refractivity contribution < 1.29 is 23.0 Å². The van der Waals surface area contributed by atoms with Crippen molar-refractivity contribution in [1.29, 1.82) is 0 Å². The molecule has 2 aliphatic rings. The predicted molar refractivity (Wildman–Crippen MR) is 277 cm³/mol. The van der Waals surface area contributed by atoms with Gasteiger partial charge in [-0.3, -0.25) is 4.57 Å².